The van der Waals surface area contributed by atoms with Gasteiger partial charge >= 0.3 is 6.18 Å². The molecule has 1 heterocycles. The lowest BCUT2D eigenvalue weighted by Gasteiger charge is -2.38. The number of carbonyl (C=O) groups excluding carboxylic acids is 1. The Hall–Kier alpha value is -3.52. The van der Waals surface area contributed by atoms with E-state index in [2.05, 4.69) is 0 Å². The molecule has 0 fully saturated rings. The Balaban J connectivity index is 1.69. The molecule has 0 aliphatic carbocycles. The Morgan fingerprint density at radius 2 is 1.69 bits per heavy atom. The van der Waals surface area contributed by atoms with Crippen molar-refractivity contribution < 1.29 is 32.2 Å². The Bertz CT molecular complexity index is 1180. The fourth-order valence-corrected chi connectivity index (χ4v) is 4.37. The van der Waals surface area contributed by atoms with E-state index >= 15 is 0 Å². The minimum absolute atomic E-state index is 0.188. The molecule has 1 atom stereocenters. The lowest BCUT2D eigenvalue weighted by Crippen LogP contribution is -2.42. The summed E-state index contributed by atoms with van der Waals surface area (Å²) in [6, 6.07) is 17.4. The van der Waals surface area contributed by atoms with Gasteiger partial charge in [0.05, 0.1) is 32.4 Å². The van der Waals surface area contributed by atoms with E-state index in [-0.39, 0.29) is 19.1 Å². The number of methoxy groups -OCH3 is 2. The summed E-state index contributed by atoms with van der Waals surface area (Å²) in [6.07, 6.45) is -3.98. The number of ether oxygens (including phenoxy) is 3. The Labute approximate surface area is 202 Å². The van der Waals surface area contributed by atoms with Crippen LogP contribution in [0.4, 0.5) is 13.2 Å². The van der Waals surface area contributed by atoms with E-state index in [4.69, 9.17) is 14.2 Å². The van der Waals surface area contributed by atoms with Crippen LogP contribution >= 0.6 is 0 Å². The van der Waals surface area contributed by atoms with Crippen LogP contribution in [-0.2, 0) is 28.7 Å². The van der Waals surface area contributed by atoms with E-state index < -0.39 is 17.8 Å². The van der Waals surface area contributed by atoms with Crippen molar-refractivity contribution in [2.75, 3.05) is 27.4 Å². The van der Waals surface area contributed by atoms with Crippen LogP contribution in [0, 0.1) is 0 Å². The fraction of sp³-hybridized carbons (Fsp3) is 0.296. The van der Waals surface area contributed by atoms with E-state index in [1.807, 2.05) is 36.4 Å². The summed E-state index contributed by atoms with van der Waals surface area (Å²) < 4.78 is 57.0. The number of halogens is 3. The van der Waals surface area contributed by atoms with Crippen LogP contribution in [0.15, 0.2) is 66.7 Å². The zero-order valence-electron chi connectivity index (χ0n) is 19.5. The lowest BCUT2D eigenvalue weighted by molar-refractivity contribution is -0.138. The molecule has 1 amide bonds. The van der Waals surface area contributed by atoms with Crippen molar-refractivity contribution in [1.29, 1.82) is 0 Å². The summed E-state index contributed by atoms with van der Waals surface area (Å²) in [5, 5.41) is 0. The summed E-state index contributed by atoms with van der Waals surface area (Å²) in [4.78, 5) is 14.8. The Kier molecular flexibility index (Phi) is 7.31. The summed E-state index contributed by atoms with van der Waals surface area (Å²) in [6.45, 7) is 0.403. The predicted octanol–water partition coefficient (Wildman–Crippen LogP) is 5.41. The average Bonchev–Trinajstić information content (AvgIpc) is 2.87. The highest BCUT2D eigenvalue weighted by atomic mass is 19.4. The zero-order chi connectivity index (χ0) is 25.0. The number of amides is 1. The highest BCUT2D eigenvalue weighted by molar-refractivity contribution is 5.79. The van der Waals surface area contributed by atoms with Gasteiger partial charge in [0.2, 0.25) is 5.91 Å². The third-order valence-corrected chi connectivity index (χ3v) is 6.06. The zero-order valence-corrected chi connectivity index (χ0v) is 19.5. The second kappa shape index (κ2) is 10.4. The van der Waals surface area contributed by atoms with Gasteiger partial charge in [0.1, 0.15) is 6.61 Å². The first-order valence-corrected chi connectivity index (χ1v) is 11.1. The number of rotatable bonds is 7. The molecule has 35 heavy (non-hydrogen) atoms. The standard InChI is InChI=1S/C27H26F3NO4/c1-33-23-14-19-11-12-31(25(32)17-35-16-18-7-4-3-5-8-18)26(22(19)15-24(23)34-2)20-9-6-10-21(13-20)27(28,29)30/h3-10,13-15,26H,11-12,16-17H2,1-2H3. The molecule has 0 spiro atoms. The molecule has 8 heteroatoms. The minimum Gasteiger partial charge on any atom is -0.493 e. The molecular weight excluding hydrogens is 459 g/mol. The number of nitrogens with zero attached hydrogens (tertiary/aromatic N) is 1. The summed E-state index contributed by atoms with van der Waals surface area (Å²) in [7, 11) is 3.02. The molecule has 3 aromatic rings. The maximum atomic E-state index is 13.5. The largest absolute Gasteiger partial charge is 0.493 e. The molecular formula is C27H26F3NO4. The van der Waals surface area contributed by atoms with Gasteiger partial charge in [-0.3, -0.25) is 4.79 Å². The van der Waals surface area contributed by atoms with Crippen LogP contribution in [0.1, 0.15) is 33.9 Å². The quantitative estimate of drug-likeness (QED) is 0.449. The van der Waals surface area contributed by atoms with E-state index in [1.165, 1.54) is 20.3 Å². The number of benzene rings is 3. The van der Waals surface area contributed by atoms with Gasteiger partial charge in [-0.2, -0.15) is 13.2 Å². The van der Waals surface area contributed by atoms with Crippen molar-refractivity contribution >= 4 is 5.91 Å². The maximum absolute atomic E-state index is 13.5. The molecule has 1 unspecified atom stereocenters. The molecule has 0 aromatic heterocycles. The van der Waals surface area contributed by atoms with Gasteiger partial charge in [-0.1, -0.05) is 42.5 Å². The second-order valence-corrected chi connectivity index (χ2v) is 8.25. The van der Waals surface area contributed by atoms with Gasteiger partial charge in [0.15, 0.2) is 11.5 Å². The number of fused-ring (bicyclic) bond motifs is 1. The molecule has 4 rings (SSSR count). The van der Waals surface area contributed by atoms with Crippen LogP contribution in [0.3, 0.4) is 0 Å². The SMILES string of the molecule is COc1cc2c(cc1OC)C(c1cccc(C(F)(F)F)c1)N(C(=O)COCc1ccccc1)CC2. The molecule has 1 aliphatic heterocycles. The highest BCUT2D eigenvalue weighted by Gasteiger charge is 2.36. The molecule has 5 nitrogen and oxygen atoms in total. The maximum Gasteiger partial charge on any atom is 0.416 e. The molecule has 0 radical (unpaired) electrons. The summed E-state index contributed by atoms with van der Waals surface area (Å²) >= 11 is 0. The van der Waals surface area contributed by atoms with Gasteiger partial charge in [-0.05, 0) is 52.9 Å². The van der Waals surface area contributed by atoms with E-state index in [0.29, 0.717) is 35.6 Å². The van der Waals surface area contributed by atoms with Crippen molar-refractivity contribution in [1.82, 2.24) is 4.90 Å². The van der Waals surface area contributed by atoms with Crippen LogP contribution < -0.4 is 9.47 Å². The van der Waals surface area contributed by atoms with Gasteiger partial charge in [-0.25, -0.2) is 0 Å². The van der Waals surface area contributed by atoms with Crippen LogP contribution in [0.5, 0.6) is 11.5 Å². The van der Waals surface area contributed by atoms with Gasteiger partial charge in [0, 0.05) is 6.54 Å². The molecule has 0 saturated heterocycles. The average molecular weight is 486 g/mol. The molecule has 3 aromatic carbocycles. The Morgan fingerprint density at radius 1 is 0.971 bits per heavy atom. The van der Waals surface area contributed by atoms with Crippen LogP contribution in [0.2, 0.25) is 0 Å². The normalized spacial score (nSPS) is 15.5. The monoisotopic (exact) mass is 485 g/mol. The topological polar surface area (TPSA) is 48.0 Å². The third kappa shape index (κ3) is 5.43. The lowest BCUT2D eigenvalue weighted by atomic mass is 9.87. The highest BCUT2D eigenvalue weighted by Crippen LogP contribution is 2.42. The third-order valence-electron chi connectivity index (χ3n) is 6.06. The van der Waals surface area contributed by atoms with Crippen LogP contribution in [-0.4, -0.2) is 38.2 Å². The van der Waals surface area contributed by atoms with E-state index in [0.717, 1.165) is 23.3 Å². The second-order valence-electron chi connectivity index (χ2n) is 8.25. The fourth-order valence-electron chi connectivity index (χ4n) is 4.37. The van der Waals surface area contributed by atoms with Gasteiger partial charge in [0.25, 0.3) is 0 Å². The van der Waals surface area contributed by atoms with Crippen molar-refractivity contribution in [3.63, 3.8) is 0 Å². The number of hydrogen-bond donors (Lipinski definition) is 0. The summed E-state index contributed by atoms with van der Waals surface area (Å²) in [5.41, 5.74) is 2.11. The molecule has 0 bridgehead atoms. The van der Waals surface area contributed by atoms with Gasteiger partial charge in [-0.15, -0.1) is 0 Å². The molecule has 184 valence electrons. The smallest absolute Gasteiger partial charge is 0.416 e. The van der Waals surface area contributed by atoms with Crippen molar-refractivity contribution in [3.05, 3.63) is 94.5 Å². The predicted molar refractivity (Wildman–Crippen MR) is 124 cm³/mol. The van der Waals surface area contributed by atoms with Crippen molar-refractivity contribution in [2.24, 2.45) is 0 Å². The first-order chi connectivity index (χ1) is 16.8. The number of carbonyl (C=O) groups is 1. The summed E-state index contributed by atoms with van der Waals surface area (Å²) in [5.74, 6) is 0.668. The molecule has 0 saturated carbocycles. The van der Waals surface area contributed by atoms with Gasteiger partial charge < -0.3 is 19.1 Å². The number of hydrogen-bond acceptors (Lipinski definition) is 4. The van der Waals surface area contributed by atoms with Crippen molar-refractivity contribution in [3.8, 4) is 11.5 Å². The van der Waals surface area contributed by atoms with E-state index in [1.54, 1.807) is 17.0 Å². The van der Waals surface area contributed by atoms with E-state index in [9.17, 15) is 18.0 Å². The Morgan fingerprint density at radius 3 is 2.37 bits per heavy atom. The minimum atomic E-state index is -4.50. The first kappa shape index (κ1) is 24.6. The molecule has 0 N–H and O–H groups in total. The molecule has 1 aliphatic rings. The van der Waals surface area contributed by atoms with Crippen molar-refractivity contribution in [2.45, 2.75) is 25.2 Å². The number of alkyl halides is 3. The van der Waals surface area contributed by atoms with Crippen LogP contribution in [0.25, 0.3) is 0 Å². The first-order valence-electron chi connectivity index (χ1n) is 11.1.